The number of hydrogen-bond acceptors (Lipinski definition) is 5. The fraction of sp³-hybridized carbons (Fsp3) is 0.350. The lowest BCUT2D eigenvalue weighted by molar-refractivity contribution is 0.812. The van der Waals surface area contributed by atoms with E-state index >= 15 is 0 Å². The van der Waals surface area contributed by atoms with Crippen LogP contribution in [0.25, 0.3) is 10.9 Å². The van der Waals surface area contributed by atoms with Gasteiger partial charge in [0.25, 0.3) is 0 Å². The molecule has 0 fully saturated rings. The van der Waals surface area contributed by atoms with Gasteiger partial charge in [-0.15, -0.1) is 35.3 Å². The van der Waals surface area contributed by atoms with Crippen LogP contribution >= 0.6 is 35.3 Å². The van der Waals surface area contributed by atoms with Crippen LogP contribution in [0.4, 0.5) is 5.82 Å². The van der Waals surface area contributed by atoms with Gasteiger partial charge in [0.15, 0.2) is 5.96 Å². The third-order valence-corrected chi connectivity index (χ3v) is 4.99. The largest absolute Gasteiger partial charge is 0.363 e. The van der Waals surface area contributed by atoms with Crippen LogP contribution in [-0.2, 0) is 13.1 Å². The molecular weight excluding hydrogens is 483 g/mol. The molecule has 0 aliphatic heterocycles. The van der Waals surface area contributed by atoms with Gasteiger partial charge < -0.3 is 15.5 Å². The first-order valence-electron chi connectivity index (χ1n) is 9.06. The van der Waals surface area contributed by atoms with E-state index in [1.54, 1.807) is 11.3 Å². The summed E-state index contributed by atoms with van der Waals surface area (Å²) in [5.74, 6) is 1.73. The molecule has 2 aromatic heterocycles. The molecule has 0 amide bonds. The monoisotopic (exact) mass is 510 g/mol. The van der Waals surface area contributed by atoms with Crippen LogP contribution < -0.4 is 15.5 Å². The second kappa shape index (κ2) is 10.6. The lowest BCUT2D eigenvalue weighted by Crippen LogP contribution is -2.36. The van der Waals surface area contributed by atoms with Crippen molar-refractivity contribution in [2.45, 2.75) is 26.9 Å². The minimum atomic E-state index is 0. The third-order valence-electron chi connectivity index (χ3n) is 4.07. The summed E-state index contributed by atoms with van der Waals surface area (Å²) in [4.78, 5) is 17.1. The fourth-order valence-electron chi connectivity index (χ4n) is 2.74. The number of aryl methyl sites for hydroxylation is 1. The Morgan fingerprint density at radius 2 is 2.00 bits per heavy atom. The molecule has 0 aliphatic carbocycles. The van der Waals surface area contributed by atoms with Crippen molar-refractivity contribution in [2.24, 2.45) is 4.99 Å². The molecule has 0 spiro atoms. The molecule has 6 nitrogen and oxygen atoms in total. The normalized spacial score (nSPS) is 11.2. The zero-order chi connectivity index (χ0) is 19.2. The zero-order valence-corrected chi connectivity index (χ0v) is 19.8. The van der Waals surface area contributed by atoms with E-state index in [-0.39, 0.29) is 24.0 Å². The Bertz CT molecular complexity index is 937. The van der Waals surface area contributed by atoms with Gasteiger partial charge in [0, 0.05) is 37.1 Å². The Hall–Kier alpha value is -1.94. The number of nitrogens with one attached hydrogen (secondary N) is 2. The van der Waals surface area contributed by atoms with Crippen molar-refractivity contribution >= 4 is 58.0 Å². The van der Waals surface area contributed by atoms with Gasteiger partial charge in [0.1, 0.15) is 10.8 Å². The minimum absolute atomic E-state index is 0. The van der Waals surface area contributed by atoms with E-state index < -0.39 is 0 Å². The van der Waals surface area contributed by atoms with Crippen molar-refractivity contribution in [1.82, 2.24) is 20.6 Å². The average molecular weight is 510 g/mol. The van der Waals surface area contributed by atoms with Crippen molar-refractivity contribution in [3.63, 3.8) is 0 Å². The second-order valence-electron chi connectivity index (χ2n) is 6.46. The van der Waals surface area contributed by atoms with E-state index in [0.29, 0.717) is 13.1 Å². The standard InChI is InChI=1S/C20H26N6S.HI/c1-5-21-20(24-13-19-22-11-14(2)27-19)23-12-15-10-18(26(3)4)25-17-9-7-6-8-16(15)17;/h6-11H,5,12-13H2,1-4H3,(H2,21,23,24);1H. The summed E-state index contributed by atoms with van der Waals surface area (Å²) < 4.78 is 0. The van der Waals surface area contributed by atoms with Crippen LogP contribution in [0.3, 0.4) is 0 Å². The number of guanidine groups is 1. The van der Waals surface area contributed by atoms with Crippen molar-refractivity contribution in [3.8, 4) is 0 Å². The number of pyridine rings is 1. The van der Waals surface area contributed by atoms with E-state index in [1.807, 2.05) is 43.4 Å². The van der Waals surface area contributed by atoms with E-state index in [4.69, 9.17) is 9.98 Å². The highest BCUT2D eigenvalue weighted by Gasteiger charge is 2.08. The number of benzene rings is 1. The van der Waals surface area contributed by atoms with Crippen molar-refractivity contribution in [3.05, 3.63) is 52.0 Å². The Morgan fingerprint density at radius 1 is 1.21 bits per heavy atom. The van der Waals surface area contributed by atoms with Crippen LogP contribution in [0.5, 0.6) is 0 Å². The molecule has 0 atom stereocenters. The number of halogens is 1. The third kappa shape index (κ3) is 5.78. The number of anilines is 1. The highest BCUT2D eigenvalue weighted by molar-refractivity contribution is 14.0. The summed E-state index contributed by atoms with van der Waals surface area (Å²) in [6.45, 7) is 6.19. The topological polar surface area (TPSA) is 65.4 Å². The van der Waals surface area contributed by atoms with Crippen molar-refractivity contribution in [2.75, 3.05) is 25.5 Å². The van der Waals surface area contributed by atoms with Gasteiger partial charge in [-0.05, 0) is 31.5 Å². The Labute approximate surface area is 187 Å². The lowest BCUT2D eigenvalue weighted by atomic mass is 10.1. The summed E-state index contributed by atoms with van der Waals surface area (Å²) >= 11 is 1.70. The first kappa shape index (κ1) is 22.4. The smallest absolute Gasteiger partial charge is 0.191 e. The van der Waals surface area contributed by atoms with Crippen molar-refractivity contribution in [1.29, 1.82) is 0 Å². The van der Waals surface area contributed by atoms with E-state index in [9.17, 15) is 0 Å². The highest BCUT2D eigenvalue weighted by Crippen LogP contribution is 2.22. The van der Waals surface area contributed by atoms with Gasteiger partial charge in [0.2, 0.25) is 0 Å². The molecule has 2 N–H and O–H groups in total. The van der Waals surface area contributed by atoms with Gasteiger partial charge >= 0.3 is 0 Å². The number of rotatable bonds is 6. The molecule has 2 heterocycles. The molecule has 0 radical (unpaired) electrons. The molecule has 3 aromatic rings. The molecule has 0 saturated heterocycles. The quantitative estimate of drug-likeness (QED) is 0.299. The molecule has 0 saturated carbocycles. The highest BCUT2D eigenvalue weighted by atomic mass is 127. The molecule has 150 valence electrons. The number of thiazole rings is 1. The van der Waals surface area contributed by atoms with Crippen LogP contribution in [0, 0.1) is 6.92 Å². The summed E-state index contributed by atoms with van der Waals surface area (Å²) in [5.41, 5.74) is 2.15. The first-order valence-corrected chi connectivity index (χ1v) is 9.88. The Kier molecular flexibility index (Phi) is 8.43. The molecule has 0 bridgehead atoms. The van der Waals surface area contributed by atoms with Gasteiger partial charge in [-0.1, -0.05) is 18.2 Å². The second-order valence-corrected chi connectivity index (χ2v) is 7.78. The summed E-state index contributed by atoms with van der Waals surface area (Å²) in [5, 5.41) is 8.87. The predicted molar refractivity (Wildman–Crippen MR) is 130 cm³/mol. The van der Waals surface area contributed by atoms with E-state index in [0.717, 1.165) is 39.8 Å². The average Bonchev–Trinajstić information content (AvgIpc) is 3.08. The number of para-hydroxylation sites is 1. The molecular formula is C20H27IN6S. The maximum absolute atomic E-state index is 4.78. The van der Waals surface area contributed by atoms with Crippen molar-refractivity contribution < 1.29 is 0 Å². The zero-order valence-electron chi connectivity index (χ0n) is 16.7. The number of aromatic nitrogens is 2. The van der Waals surface area contributed by atoms with Gasteiger partial charge in [-0.25, -0.2) is 15.0 Å². The molecule has 0 unspecified atom stereocenters. The number of hydrogen-bond donors (Lipinski definition) is 2. The van der Waals surface area contributed by atoms with E-state index in [2.05, 4.69) is 41.6 Å². The lowest BCUT2D eigenvalue weighted by Gasteiger charge is -2.15. The molecule has 8 heteroatoms. The number of aliphatic imine (C=N–C) groups is 1. The first-order chi connectivity index (χ1) is 13.1. The summed E-state index contributed by atoms with van der Waals surface area (Å²) in [6, 6.07) is 10.3. The van der Waals surface area contributed by atoms with Gasteiger partial charge in [-0.3, -0.25) is 0 Å². The Balaban J connectivity index is 0.00000280. The molecule has 1 aromatic carbocycles. The van der Waals surface area contributed by atoms with Gasteiger partial charge in [0.05, 0.1) is 18.6 Å². The van der Waals surface area contributed by atoms with Gasteiger partial charge in [-0.2, -0.15) is 0 Å². The molecule has 28 heavy (non-hydrogen) atoms. The van der Waals surface area contributed by atoms with Crippen LogP contribution in [0.2, 0.25) is 0 Å². The van der Waals surface area contributed by atoms with Crippen LogP contribution in [-0.4, -0.2) is 36.6 Å². The van der Waals surface area contributed by atoms with Crippen LogP contribution in [0.15, 0.2) is 41.5 Å². The number of nitrogens with zero attached hydrogens (tertiary/aromatic N) is 4. The molecule has 3 rings (SSSR count). The fourth-order valence-corrected chi connectivity index (χ4v) is 3.47. The maximum atomic E-state index is 4.78. The SMILES string of the molecule is CCNC(=NCc1cc(N(C)C)nc2ccccc12)NCc1ncc(C)s1.I. The minimum Gasteiger partial charge on any atom is -0.363 e. The van der Waals surface area contributed by atoms with E-state index in [1.165, 1.54) is 4.88 Å². The predicted octanol–water partition coefficient (Wildman–Crippen LogP) is 3.94. The molecule has 0 aliphatic rings. The number of fused-ring (bicyclic) bond motifs is 1. The summed E-state index contributed by atoms with van der Waals surface area (Å²) in [6.07, 6.45) is 1.90. The summed E-state index contributed by atoms with van der Waals surface area (Å²) in [7, 11) is 4.01. The Morgan fingerprint density at radius 3 is 2.68 bits per heavy atom. The maximum Gasteiger partial charge on any atom is 0.191 e. The van der Waals surface area contributed by atoms with Crippen LogP contribution in [0.1, 0.15) is 22.4 Å².